The summed E-state index contributed by atoms with van der Waals surface area (Å²) in [5, 5.41) is 11.2. The highest BCUT2D eigenvalue weighted by Crippen LogP contribution is 2.16. The molecule has 1 aromatic carbocycles. The number of hydrogen-bond donors (Lipinski definition) is 1. The maximum atomic E-state index is 12.9. The Balaban J connectivity index is 2.81. The first kappa shape index (κ1) is 12.7. The molecule has 0 aromatic heterocycles. The summed E-state index contributed by atoms with van der Waals surface area (Å²) in [6.07, 6.45) is 0.532. The third-order valence-electron chi connectivity index (χ3n) is 2.05. The van der Waals surface area contributed by atoms with Gasteiger partial charge in [-0.2, -0.15) is 5.26 Å². The van der Waals surface area contributed by atoms with Gasteiger partial charge in [-0.05, 0) is 40.5 Å². The van der Waals surface area contributed by atoms with Crippen molar-refractivity contribution in [2.24, 2.45) is 0 Å². The molecule has 1 unspecified atom stereocenters. The van der Waals surface area contributed by atoms with E-state index in [1.807, 2.05) is 6.07 Å². The number of amides is 1. The molecule has 0 fully saturated rings. The molecule has 0 aliphatic rings. The first-order chi connectivity index (χ1) is 7.58. The van der Waals surface area contributed by atoms with Gasteiger partial charge in [-0.15, -0.1) is 0 Å². The summed E-state index contributed by atoms with van der Waals surface area (Å²) in [6.45, 7) is 1.80. The van der Waals surface area contributed by atoms with Gasteiger partial charge in [0, 0.05) is 5.56 Å². The molecule has 3 nitrogen and oxygen atoms in total. The number of carbonyl (C=O) groups is 1. The SMILES string of the molecule is CCC(C#N)NC(=O)c1ccc(F)c(Br)c1. The van der Waals surface area contributed by atoms with Gasteiger partial charge in [0.2, 0.25) is 0 Å². The highest BCUT2D eigenvalue weighted by Gasteiger charge is 2.12. The van der Waals surface area contributed by atoms with E-state index in [9.17, 15) is 9.18 Å². The molecular formula is C11H10BrFN2O. The Hall–Kier alpha value is -1.41. The van der Waals surface area contributed by atoms with Gasteiger partial charge in [-0.25, -0.2) is 4.39 Å². The van der Waals surface area contributed by atoms with Crippen LogP contribution in [-0.4, -0.2) is 11.9 Å². The van der Waals surface area contributed by atoms with E-state index in [-0.39, 0.29) is 10.4 Å². The minimum absolute atomic E-state index is 0.227. The van der Waals surface area contributed by atoms with Crippen LogP contribution in [0.5, 0.6) is 0 Å². The number of hydrogen-bond acceptors (Lipinski definition) is 2. The maximum Gasteiger partial charge on any atom is 0.252 e. The predicted octanol–water partition coefficient (Wildman–Crippen LogP) is 2.62. The van der Waals surface area contributed by atoms with E-state index in [0.29, 0.717) is 12.0 Å². The van der Waals surface area contributed by atoms with Gasteiger partial charge in [-0.3, -0.25) is 4.79 Å². The van der Waals surface area contributed by atoms with E-state index < -0.39 is 11.9 Å². The lowest BCUT2D eigenvalue weighted by Gasteiger charge is -2.09. The van der Waals surface area contributed by atoms with Crippen LogP contribution in [0.2, 0.25) is 0 Å². The number of nitriles is 1. The quantitative estimate of drug-likeness (QED) is 0.928. The summed E-state index contributed by atoms with van der Waals surface area (Å²) >= 11 is 2.99. The molecular weight excluding hydrogens is 275 g/mol. The van der Waals surface area contributed by atoms with Crippen molar-refractivity contribution in [3.63, 3.8) is 0 Å². The van der Waals surface area contributed by atoms with Crippen molar-refractivity contribution in [3.05, 3.63) is 34.1 Å². The summed E-state index contributed by atoms with van der Waals surface area (Å²) in [4.78, 5) is 11.6. The number of halogens is 2. The van der Waals surface area contributed by atoms with E-state index in [1.54, 1.807) is 6.92 Å². The second-order valence-electron chi connectivity index (χ2n) is 3.19. The third kappa shape index (κ3) is 3.04. The van der Waals surface area contributed by atoms with Crippen LogP contribution >= 0.6 is 15.9 Å². The molecule has 1 rings (SSSR count). The second-order valence-corrected chi connectivity index (χ2v) is 4.05. The van der Waals surface area contributed by atoms with Crippen LogP contribution in [0.15, 0.2) is 22.7 Å². The Morgan fingerprint density at radius 3 is 2.88 bits per heavy atom. The van der Waals surface area contributed by atoms with Gasteiger partial charge < -0.3 is 5.32 Å². The summed E-state index contributed by atoms with van der Waals surface area (Å²) in [6, 6.07) is 5.40. The summed E-state index contributed by atoms with van der Waals surface area (Å²) in [5.41, 5.74) is 0.321. The highest BCUT2D eigenvalue weighted by atomic mass is 79.9. The minimum atomic E-state index is -0.517. The minimum Gasteiger partial charge on any atom is -0.336 e. The molecule has 1 atom stereocenters. The molecule has 0 saturated carbocycles. The van der Waals surface area contributed by atoms with Crippen molar-refractivity contribution in [1.29, 1.82) is 5.26 Å². The number of nitrogens with zero attached hydrogens (tertiary/aromatic N) is 1. The summed E-state index contributed by atoms with van der Waals surface area (Å²) < 4.78 is 13.2. The molecule has 16 heavy (non-hydrogen) atoms. The molecule has 0 aliphatic heterocycles. The molecule has 0 aliphatic carbocycles. The van der Waals surface area contributed by atoms with E-state index in [0.717, 1.165) is 0 Å². The van der Waals surface area contributed by atoms with Crippen molar-refractivity contribution >= 4 is 21.8 Å². The smallest absolute Gasteiger partial charge is 0.252 e. The lowest BCUT2D eigenvalue weighted by atomic mass is 10.2. The largest absolute Gasteiger partial charge is 0.336 e. The van der Waals surface area contributed by atoms with Crippen LogP contribution in [0.25, 0.3) is 0 Å². The molecule has 0 spiro atoms. The highest BCUT2D eigenvalue weighted by molar-refractivity contribution is 9.10. The Bertz CT molecular complexity index is 442. The predicted molar refractivity (Wildman–Crippen MR) is 61.3 cm³/mol. The Kier molecular flexibility index (Phi) is 4.44. The molecule has 5 heteroatoms. The fourth-order valence-electron chi connectivity index (χ4n) is 1.10. The lowest BCUT2D eigenvalue weighted by molar-refractivity contribution is 0.0944. The van der Waals surface area contributed by atoms with Gasteiger partial charge in [0.15, 0.2) is 0 Å². The first-order valence-corrected chi connectivity index (χ1v) is 5.53. The molecule has 0 saturated heterocycles. The van der Waals surface area contributed by atoms with Crippen LogP contribution in [-0.2, 0) is 0 Å². The maximum absolute atomic E-state index is 12.9. The monoisotopic (exact) mass is 284 g/mol. The van der Waals surface area contributed by atoms with Crippen molar-refractivity contribution in [2.75, 3.05) is 0 Å². The number of rotatable bonds is 3. The molecule has 1 aromatic rings. The summed E-state index contributed by atoms with van der Waals surface area (Å²) in [7, 11) is 0. The molecule has 1 N–H and O–H groups in total. The molecule has 0 bridgehead atoms. The van der Waals surface area contributed by atoms with E-state index in [2.05, 4.69) is 21.2 Å². The topological polar surface area (TPSA) is 52.9 Å². The molecule has 1 amide bonds. The zero-order chi connectivity index (χ0) is 12.1. The van der Waals surface area contributed by atoms with Gasteiger partial charge >= 0.3 is 0 Å². The average Bonchev–Trinajstić information content (AvgIpc) is 2.29. The standard InChI is InChI=1S/C11H10BrFN2O/c1-2-8(6-14)15-11(16)7-3-4-10(13)9(12)5-7/h3-5,8H,2H2,1H3,(H,15,16). The van der Waals surface area contributed by atoms with Gasteiger partial charge in [0.1, 0.15) is 11.9 Å². The van der Waals surface area contributed by atoms with Crippen LogP contribution in [0.1, 0.15) is 23.7 Å². The van der Waals surface area contributed by atoms with Crippen LogP contribution in [0.4, 0.5) is 4.39 Å². The van der Waals surface area contributed by atoms with Gasteiger partial charge in [-0.1, -0.05) is 6.92 Å². The van der Waals surface area contributed by atoms with Gasteiger partial charge in [0.05, 0.1) is 10.5 Å². The van der Waals surface area contributed by atoms with Crippen molar-refractivity contribution in [3.8, 4) is 6.07 Å². The molecule has 0 radical (unpaired) electrons. The van der Waals surface area contributed by atoms with Crippen LogP contribution < -0.4 is 5.32 Å². The Morgan fingerprint density at radius 2 is 2.38 bits per heavy atom. The average molecular weight is 285 g/mol. The molecule has 84 valence electrons. The molecule has 0 heterocycles. The number of nitrogens with one attached hydrogen (secondary N) is 1. The third-order valence-corrected chi connectivity index (χ3v) is 2.66. The summed E-state index contributed by atoms with van der Waals surface area (Å²) in [5.74, 6) is -0.807. The second kappa shape index (κ2) is 5.61. The van der Waals surface area contributed by atoms with E-state index in [1.165, 1.54) is 18.2 Å². The first-order valence-electron chi connectivity index (χ1n) is 4.74. The van der Waals surface area contributed by atoms with Crippen molar-refractivity contribution in [2.45, 2.75) is 19.4 Å². The zero-order valence-electron chi connectivity index (χ0n) is 8.63. The normalized spacial score (nSPS) is 11.6. The van der Waals surface area contributed by atoms with Crippen molar-refractivity contribution in [1.82, 2.24) is 5.32 Å². The number of carbonyl (C=O) groups excluding carboxylic acids is 1. The van der Waals surface area contributed by atoms with E-state index >= 15 is 0 Å². The van der Waals surface area contributed by atoms with E-state index in [4.69, 9.17) is 5.26 Å². The Morgan fingerprint density at radius 1 is 1.69 bits per heavy atom. The van der Waals surface area contributed by atoms with Crippen molar-refractivity contribution < 1.29 is 9.18 Å². The van der Waals surface area contributed by atoms with Crippen LogP contribution in [0.3, 0.4) is 0 Å². The Labute approximate surface area is 101 Å². The van der Waals surface area contributed by atoms with Crippen LogP contribution in [0, 0.1) is 17.1 Å². The fraction of sp³-hybridized carbons (Fsp3) is 0.273. The fourth-order valence-corrected chi connectivity index (χ4v) is 1.48. The van der Waals surface area contributed by atoms with Gasteiger partial charge in [0.25, 0.3) is 5.91 Å². The number of benzene rings is 1. The zero-order valence-corrected chi connectivity index (χ0v) is 10.2. The lowest BCUT2D eigenvalue weighted by Crippen LogP contribution is -2.33.